The highest BCUT2D eigenvalue weighted by Gasteiger charge is 2.14. The third kappa shape index (κ3) is 10.9. The molecule has 0 aliphatic carbocycles. The molecule has 0 bridgehead atoms. The lowest BCUT2D eigenvalue weighted by molar-refractivity contribution is 0.0994. The fourth-order valence-corrected chi connectivity index (χ4v) is 6.00. The average molecular weight is 819 g/mol. The van der Waals surface area contributed by atoms with E-state index < -0.39 is 0 Å². The van der Waals surface area contributed by atoms with Crippen LogP contribution in [0.1, 0.15) is 31.8 Å². The van der Waals surface area contributed by atoms with E-state index in [-0.39, 0.29) is 36.3 Å². The van der Waals surface area contributed by atoms with E-state index in [1.54, 1.807) is 37.2 Å². The van der Waals surface area contributed by atoms with Gasteiger partial charge in [0.05, 0.1) is 25.5 Å². The van der Waals surface area contributed by atoms with Crippen LogP contribution in [0.5, 0.6) is 0 Å². The average Bonchev–Trinajstić information content (AvgIpc) is 3.96. The number of halogens is 2. The molecule has 0 saturated carbocycles. The van der Waals surface area contributed by atoms with Gasteiger partial charge in [-0.05, 0) is 122 Å². The Labute approximate surface area is 350 Å². The molecule has 8 aromatic rings. The Balaban J connectivity index is 0.000000184. The van der Waals surface area contributed by atoms with E-state index in [4.69, 9.17) is 8.83 Å². The lowest BCUT2D eigenvalue weighted by Gasteiger charge is -2.20. The van der Waals surface area contributed by atoms with Crippen molar-refractivity contribution in [3.63, 3.8) is 0 Å². The van der Waals surface area contributed by atoms with Gasteiger partial charge in [-0.1, -0.05) is 12.1 Å². The van der Waals surface area contributed by atoms with Crippen LogP contribution in [0.15, 0.2) is 155 Å². The topological polar surface area (TPSA) is 151 Å². The van der Waals surface area contributed by atoms with Crippen LogP contribution < -0.4 is 20.9 Å². The van der Waals surface area contributed by atoms with Crippen molar-refractivity contribution in [2.24, 2.45) is 0 Å². The molecular formula is C47H40F2N8O4. The summed E-state index contributed by atoms with van der Waals surface area (Å²) in [6.07, 6.45) is 10.1. The molecule has 3 N–H and O–H groups in total. The van der Waals surface area contributed by atoms with Gasteiger partial charge in [-0.15, -0.1) is 0 Å². The molecule has 14 heteroatoms. The molecule has 0 radical (unpaired) electrons. The molecule has 4 aromatic heterocycles. The summed E-state index contributed by atoms with van der Waals surface area (Å²) in [5.74, 6) is 0.328. The summed E-state index contributed by atoms with van der Waals surface area (Å²) in [5.41, 5.74) is 7.94. The number of nitrogens with zero attached hydrogens (tertiary/aromatic N) is 5. The van der Waals surface area contributed by atoms with E-state index >= 15 is 0 Å². The maximum atomic E-state index is 13.1. The molecular weight excluding hydrogens is 779 g/mol. The van der Waals surface area contributed by atoms with E-state index in [1.165, 1.54) is 48.5 Å². The molecule has 4 heterocycles. The maximum Gasteiger partial charge on any atom is 0.299 e. The molecule has 0 spiro atoms. The second-order valence-electron chi connectivity index (χ2n) is 13.9. The second-order valence-corrected chi connectivity index (χ2v) is 13.9. The Morgan fingerprint density at radius 1 is 0.607 bits per heavy atom. The minimum absolute atomic E-state index is 0.0905. The summed E-state index contributed by atoms with van der Waals surface area (Å²) in [4.78, 5) is 43.2. The Morgan fingerprint density at radius 2 is 1.08 bits per heavy atom. The number of benzene rings is 4. The quantitative estimate of drug-likeness (QED) is 0.0896. The molecule has 0 amide bonds. The number of likely N-dealkylation sites (N-methyl/N-ethyl adjacent to an activating group) is 1. The van der Waals surface area contributed by atoms with Gasteiger partial charge in [-0.25, -0.2) is 18.7 Å². The molecule has 0 aliphatic rings. The predicted molar refractivity (Wildman–Crippen MR) is 232 cm³/mol. The molecule has 0 atom stereocenters. The Hall–Kier alpha value is -8.00. The first kappa shape index (κ1) is 41.2. The molecule has 0 unspecified atom stereocenters. The Morgan fingerprint density at radius 3 is 1.61 bits per heavy atom. The van der Waals surface area contributed by atoms with Crippen molar-refractivity contribution in [3.8, 4) is 22.6 Å². The first-order chi connectivity index (χ1) is 29.6. The van der Waals surface area contributed by atoms with Gasteiger partial charge >= 0.3 is 0 Å². The van der Waals surface area contributed by atoms with E-state index in [0.717, 1.165) is 45.0 Å². The fraction of sp³-hybridized carbons (Fsp3) is 0.106. The number of hydrogen-bond donors (Lipinski definition) is 3. The van der Waals surface area contributed by atoms with Gasteiger partial charge < -0.3 is 29.7 Å². The summed E-state index contributed by atoms with van der Waals surface area (Å²) >= 11 is 0. The van der Waals surface area contributed by atoms with E-state index in [9.17, 15) is 18.4 Å². The number of carbonyl (C=O) groups excluding carboxylic acids is 2. The first-order valence-corrected chi connectivity index (χ1v) is 19.1. The molecule has 0 saturated heterocycles. The third-order valence-corrected chi connectivity index (χ3v) is 9.49. The monoisotopic (exact) mass is 818 g/mol. The number of nitrogens with one attached hydrogen (secondary N) is 3. The normalized spacial score (nSPS) is 10.6. The molecule has 306 valence electrons. The maximum absolute atomic E-state index is 13.1. The third-order valence-electron chi connectivity index (χ3n) is 9.49. The van der Waals surface area contributed by atoms with Crippen molar-refractivity contribution >= 4 is 46.3 Å². The number of rotatable bonds is 14. The van der Waals surface area contributed by atoms with Gasteiger partial charge in [0.15, 0.2) is 23.1 Å². The number of ketones is 2. The van der Waals surface area contributed by atoms with Gasteiger partial charge in [0.25, 0.3) is 12.0 Å². The van der Waals surface area contributed by atoms with Crippen molar-refractivity contribution in [3.05, 3.63) is 180 Å². The lowest BCUT2D eigenvalue weighted by atomic mass is 10.1. The number of hydrogen-bond acceptors (Lipinski definition) is 12. The summed E-state index contributed by atoms with van der Waals surface area (Å²) in [7, 11) is 1.84. The number of aryl methyl sites for hydroxylation is 2. The molecule has 12 nitrogen and oxygen atoms in total. The zero-order valence-corrected chi connectivity index (χ0v) is 33.4. The first-order valence-electron chi connectivity index (χ1n) is 19.1. The zero-order valence-electron chi connectivity index (χ0n) is 33.4. The van der Waals surface area contributed by atoms with Gasteiger partial charge in [0.2, 0.25) is 0 Å². The van der Waals surface area contributed by atoms with Crippen molar-refractivity contribution in [2.45, 2.75) is 13.8 Å². The molecule has 0 fully saturated rings. The van der Waals surface area contributed by atoms with Crippen LogP contribution in [0, 0.1) is 25.5 Å². The van der Waals surface area contributed by atoms with Crippen LogP contribution in [0.2, 0.25) is 0 Å². The molecule has 8 rings (SSSR count). The number of carbonyl (C=O) groups is 2. The summed E-state index contributed by atoms with van der Waals surface area (Å²) in [6, 6.07) is 30.7. The summed E-state index contributed by atoms with van der Waals surface area (Å²) < 4.78 is 37.7. The number of anilines is 6. The second kappa shape index (κ2) is 19.2. The number of Topliss-reactive ketones (excluding diaryl/α,β-unsaturated/α-hetero) is 2. The molecule has 0 aliphatic heterocycles. The predicted octanol–water partition coefficient (Wildman–Crippen LogP) is 10.5. The fourth-order valence-electron chi connectivity index (χ4n) is 6.00. The Bertz CT molecular complexity index is 2720. The van der Waals surface area contributed by atoms with Crippen LogP contribution in [0.4, 0.5) is 43.6 Å². The van der Waals surface area contributed by atoms with Gasteiger partial charge in [-0.3, -0.25) is 19.6 Å². The van der Waals surface area contributed by atoms with Crippen LogP contribution in [0.25, 0.3) is 22.6 Å². The van der Waals surface area contributed by atoms with Crippen molar-refractivity contribution in [1.82, 2.24) is 19.9 Å². The number of oxazole rings is 2. The van der Waals surface area contributed by atoms with Crippen LogP contribution >= 0.6 is 0 Å². The molecule has 61 heavy (non-hydrogen) atoms. The smallest absolute Gasteiger partial charge is 0.299 e. The van der Waals surface area contributed by atoms with Gasteiger partial charge in [-0.2, -0.15) is 0 Å². The van der Waals surface area contributed by atoms with Crippen molar-refractivity contribution in [1.29, 1.82) is 0 Å². The zero-order chi connectivity index (χ0) is 42.7. The van der Waals surface area contributed by atoms with E-state index in [0.29, 0.717) is 34.7 Å². The van der Waals surface area contributed by atoms with Crippen molar-refractivity contribution < 1.29 is 27.2 Å². The largest absolute Gasteiger partial charge is 0.423 e. The minimum Gasteiger partial charge on any atom is -0.423 e. The highest BCUT2D eigenvalue weighted by molar-refractivity contribution is 5.99. The SMILES string of the molecule is Cc1ccc(N(C)CC(=O)c2ccc(F)cc2)cc1Nc1ncc(-c2ccncc2)o1.Cc1ccc(NCC(=O)c2ccc(F)cc2)cc1Nc1ncc(-c2ccncc2)o1. The lowest BCUT2D eigenvalue weighted by Crippen LogP contribution is -2.25. The van der Waals surface area contributed by atoms with E-state index in [1.807, 2.05) is 86.5 Å². The van der Waals surface area contributed by atoms with Crippen LogP contribution in [0.3, 0.4) is 0 Å². The van der Waals surface area contributed by atoms with Crippen molar-refractivity contribution in [2.75, 3.05) is 41.0 Å². The molecule has 4 aromatic carbocycles. The van der Waals surface area contributed by atoms with Crippen LogP contribution in [-0.4, -0.2) is 51.6 Å². The van der Waals surface area contributed by atoms with Gasteiger partial charge in [0.1, 0.15) is 11.6 Å². The summed E-state index contributed by atoms with van der Waals surface area (Å²) in [6.45, 7) is 4.20. The Kier molecular flexibility index (Phi) is 12.9. The number of aromatic nitrogens is 4. The van der Waals surface area contributed by atoms with Crippen LogP contribution in [-0.2, 0) is 0 Å². The highest BCUT2D eigenvalue weighted by Crippen LogP contribution is 2.29. The number of pyridine rings is 2. The van der Waals surface area contributed by atoms with E-state index in [2.05, 4.69) is 35.9 Å². The van der Waals surface area contributed by atoms with Gasteiger partial charge in [0, 0.05) is 76.8 Å². The highest BCUT2D eigenvalue weighted by atomic mass is 19.1. The standard InChI is InChI=1S/C24H21FN4O2.C23H19FN4O2/c1-16-3-8-20(29(2)15-22(30)17-4-6-19(25)7-5-17)13-21(16)28-24-27-14-23(31-24)18-9-11-26-12-10-18;1-15-2-7-19(26-13-21(29)16-3-5-18(24)6-4-16)12-20(15)28-23-27-14-22(30-23)17-8-10-25-11-9-17/h3-14H,15H2,1-2H3,(H,27,28);2-12,14,26H,13H2,1H3,(H,27,28). The minimum atomic E-state index is -0.368. The summed E-state index contributed by atoms with van der Waals surface area (Å²) in [5, 5.41) is 9.47.